The van der Waals surface area contributed by atoms with Crippen molar-refractivity contribution in [3.8, 4) is 6.07 Å². The Labute approximate surface area is 110 Å². The average molecular weight is 248 g/mol. The molecule has 0 spiro atoms. The minimum absolute atomic E-state index is 0.0925. The molecule has 1 aliphatic carbocycles. The summed E-state index contributed by atoms with van der Waals surface area (Å²) in [4.78, 5) is 2.64. The van der Waals surface area contributed by atoms with Crippen molar-refractivity contribution < 1.29 is 5.11 Å². The van der Waals surface area contributed by atoms with Crippen molar-refractivity contribution in [2.75, 3.05) is 0 Å². The number of nitriles is 1. The van der Waals surface area contributed by atoms with E-state index in [1.54, 1.807) is 0 Å². The molecule has 4 unspecified atom stereocenters. The number of piperidine rings is 1. The molecule has 2 saturated heterocycles. The molecule has 1 N–H and O–H groups in total. The molecule has 0 radical (unpaired) electrons. The van der Waals surface area contributed by atoms with Crippen LogP contribution in [0, 0.1) is 17.2 Å². The summed E-state index contributed by atoms with van der Waals surface area (Å²) in [5.74, 6) is 0.228. The Hall–Kier alpha value is -0.590. The maximum absolute atomic E-state index is 9.89. The van der Waals surface area contributed by atoms with Crippen LogP contribution in [0.3, 0.4) is 0 Å². The lowest BCUT2D eigenvalue weighted by Gasteiger charge is -2.43. The van der Waals surface area contributed by atoms with Crippen LogP contribution in [0.25, 0.3) is 0 Å². The number of aliphatic hydroxyl groups excluding tert-OH is 1. The van der Waals surface area contributed by atoms with Gasteiger partial charge in [0.05, 0.1) is 18.1 Å². The fourth-order valence-electron chi connectivity index (χ4n) is 4.52. The number of hydrogen-bond acceptors (Lipinski definition) is 3. The predicted octanol–water partition coefficient (Wildman–Crippen LogP) is 2.45. The van der Waals surface area contributed by atoms with Crippen molar-refractivity contribution in [3.05, 3.63) is 0 Å². The molecule has 4 atom stereocenters. The van der Waals surface area contributed by atoms with E-state index >= 15 is 0 Å². The van der Waals surface area contributed by atoms with Crippen LogP contribution in [0.5, 0.6) is 0 Å². The Balaban J connectivity index is 1.78. The van der Waals surface area contributed by atoms with Crippen LogP contribution in [0.2, 0.25) is 0 Å². The molecule has 100 valence electrons. The summed E-state index contributed by atoms with van der Waals surface area (Å²) in [6, 6.07) is 4.15. The lowest BCUT2D eigenvalue weighted by Crippen LogP contribution is -2.52. The molecule has 1 saturated carbocycles. The van der Waals surface area contributed by atoms with Gasteiger partial charge in [-0.1, -0.05) is 19.3 Å². The van der Waals surface area contributed by atoms with Gasteiger partial charge in [-0.2, -0.15) is 5.26 Å². The molecule has 2 heterocycles. The van der Waals surface area contributed by atoms with Gasteiger partial charge in [-0.25, -0.2) is 0 Å². The van der Waals surface area contributed by atoms with Gasteiger partial charge in [0.2, 0.25) is 0 Å². The fraction of sp³-hybridized carbons (Fsp3) is 0.933. The van der Waals surface area contributed by atoms with Gasteiger partial charge in [0.1, 0.15) is 0 Å². The van der Waals surface area contributed by atoms with Crippen LogP contribution in [0.1, 0.15) is 57.8 Å². The van der Waals surface area contributed by atoms with E-state index in [0.717, 1.165) is 19.3 Å². The number of aliphatic hydroxyl groups is 1. The van der Waals surface area contributed by atoms with Gasteiger partial charge in [0.15, 0.2) is 0 Å². The average Bonchev–Trinajstić information content (AvgIpc) is 2.58. The van der Waals surface area contributed by atoms with E-state index in [9.17, 15) is 10.4 Å². The highest BCUT2D eigenvalue weighted by Gasteiger charge is 2.45. The van der Waals surface area contributed by atoms with Gasteiger partial charge in [-0.05, 0) is 38.5 Å². The zero-order valence-corrected chi connectivity index (χ0v) is 11.1. The van der Waals surface area contributed by atoms with Gasteiger partial charge < -0.3 is 5.11 Å². The van der Waals surface area contributed by atoms with Gasteiger partial charge in [0, 0.05) is 18.1 Å². The van der Waals surface area contributed by atoms with Crippen LogP contribution < -0.4 is 0 Å². The van der Waals surface area contributed by atoms with Gasteiger partial charge >= 0.3 is 0 Å². The van der Waals surface area contributed by atoms with Crippen LogP contribution >= 0.6 is 0 Å². The lowest BCUT2D eigenvalue weighted by atomic mass is 9.89. The summed E-state index contributed by atoms with van der Waals surface area (Å²) in [6.07, 6.45) is 10.3. The van der Waals surface area contributed by atoms with Crippen molar-refractivity contribution in [1.82, 2.24) is 4.90 Å². The van der Waals surface area contributed by atoms with E-state index in [1.165, 1.54) is 38.5 Å². The summed E-state index contributed by atoms with van der Waals surface area (Å²) in [6.45, 7) is 0. The molecule has 3 aliphatic rings. The summed E-state index contributed by atoms with van der Waals surface area (Å²) < 4.78 is 0. The van der Waals surface area contributed by atoms with Crippen molar-refractivity contribution in [1.29, 1.82) is 5.26 Å². The van der Waals surface area contributed by atoms with E-state index in [-0.39, 0.29) is 12.0 Å². The van der Waals surface area contributed by atoms with E-state index in [0.29, 0.717) is 18.1 Å². The van der Waals surface area contributed by atoms with Crippen LogP contribution in [-0.4, -0.2) is 34.2 Å². The second kappa shape index (κ2) is 5.19. The first-order valence-corrected chi connectivity index (χ1v) is 7.64. The standard InChI is InChI=1S/C15H24N2O/c16-10-11-4-2-1-3-5-15(11)17-12-6-7-13(17)9-14(18)8-12/h11-15,18H,1-9H2. The SMILES string of the molecule is N#CC1CCCCCC1N1C2CCC1CC(O)C2. The third kappa shape index (κ3) is 2.17. The molecule has 18 heavy (non-hydrogen) atoms. The Bertz CT molecular complexity index is 324. The summed E-state index contributed by atoms with van der Waals surface area (Å²) in [5, 5.41) is 19.3. The molecule has 2 bridgehead atoms. The number of hydrogen-bond donors (Lipinski definition) is 1. The number of rotatable bonds is 1. The molecule has 3 fully saturated rings. The molecular formula is C15H24N2O. The van der Waals surface area contributed by atoms with Crippen molar-refractivity contribution >= 4 is 0 Å². The largest absolute Gasteiger partial charge is 0.393 e. The third-order valence-corrected chi connectivity index (χ3v) is 5.29. The second-order valence-electron chi connectivity index (χ2n) is 6.40. The van der Waals surface area contributed by atoms with Crippen LogP contribution in [0.15, 0.2) is 0 Å². The Kier molecular flexibility index (Phi) is 3.59. The normalized spacial score (nSPS) is 45.4. The summed E-state index contributed by atoms with van der Waals surface area (Å²) in [7, 11) is 0. The maximum atomic E-state index is 9.89. The Morgan fingerprint density at radius 2 is 1.61 bits per heavy atom. The molecule has 0 aromatic heterocycles. The van der Waals surface area contributed by atoms with Gasteiger partial charge in [0.25, 0.3) is 0 Å². The number of nitrogens with zero attached hydrogens (tertiary/aromatic N) is 2. The molecule has 3 heteroatoms. The quantitative estimate of drug-likeness (QED) is 0.725. The zero-order valence-electron chi connectivity index (χ0n) is 11.1. The first-order chi connectivity index (χ1) is 8.79. The van der Waals surface area contributed by atoms with Crippen molar-refractivity contribution in [2.24, 2.45) is 5.92 Å². The number of fused-ring (bicyclic) bond motifs is 2. The van der Waals surface area contributed by atoms with Crippen LogP contribution in [0.4, 0.5) is 0 Å². The monoisotopic (exact) mass is 248 g/mol. The zero-order chi connectivity index (χ0) is 12.5. The Morgan fingerprint density at radius 3 is 2.28 bits per heavy atom. The van der Waals surface area contributed by atoms with Crippen LogP contribution in [-0.2, 0) is 0 Å². The molecule has 3 nitrogen and oxygen atoms in total. The first kappa shape index (κ1) is 12.4. The molecule has 0 aromatic rings. The summed E-state index contributed by atoms with van der Waals surface area (Å²) in [5.41, 5.74) is 0. The highest BCUT2D eigenvalue weighted by Crippen LogP contribution is 2.41. The second-order valence-corrected chi connectivity index (χ2v) is 6.40. The molecule has 2 aliphatic heterocycles. The molecule has 3 rings (SSSR count). The maximum Gasteiger partial charge on any atom is 0.0672 e. The Morgan fingerprint density at radius 1 is 0.944 bits per heavy atom. The topological polar surface area (TPSA) is 47.3 Å². The van der Waals surface area contributed by atoms with E-state index in [1.807, 2.05) is 0 Å². The fourth-order valence-corrected chi connectivity index (χ4v) is 4.52. The minimum atomic E-state index is -0.0925. The molecule has 0 amide bonds. The van der Waals surface area contributed by atoms with Gasteiger partial charge in [-0.15, -0.1) is 0 Å². The predicted molar refractivity (Wildman–Crippen MR) is 69.9 cm³/mol. The third-order valence-electron chi connectivity index (χ3n) is 5.29. The van der Waals surface area contributed by atoms with E-state index < -0.39 is 0 Å². The smallest absolute Gasteiger partial charge is 0.0672 e. The highest BCUT2D eigenvalue weighted by molar-refractivity contribution is 5.03. The van der Waals surface area contributed by atoms with E-state index in [4.69, 9.17) is 0 Å². The van der Waals surface area contributed by atoms with Crippen molar-refractivity contribution in [2.45, 2.75) is 82.0 Å². The van der Waals surface area contributed by atoms with E-state index in [2.05, 4.69) is 11.0 Å². The highest BCUT2D eigenvalue weighted by atomic mass is 16.3. The molecule has 0 aromatic carbocycles. The summed E-state index contributed by atoms with van der Waals surface area (Å²) >= 11 is 0. The van der Waals surface area contributed by atoms with Crippen molar-refractivity contribution in [3.63, 3.8) is 0 Å². The lowest BCUT2D eigenvalue weighted by molar-refractivity contribution is -0.00160. The van der Waals surface area contributed by atoms with Gasteiger partial charge in [-0.3, -0.25) is 4.90 Å². The first-order valence-electron chi connectivity index (χ1n) is 7.64. The molecular weight excluding hydrogens is 224 g/mol. The minimum Gasteiger partial charge on any atom is -0.393 e.